The number of benzene rings is 3. The Balaban J connectivity index is 1.11. The summed E-state index contributed by atoms with van der Waals surface area (Å²) in [6.07, 6.45) is 5.27. The molecule has 0 bridgehead atoms. The predicted octanol–water partition coefficient (Wildman–Crippen LogP) is 8.20. The van der Waals surface area contributed by atoms with E-state index in [4.69, 9.17) is 9.15 Å². The van der Waals surface area contributed by atoms with Gasteiger partial charge in [0.1, 0.15) is 22.2 Å². The molecule has 0 unspecified atom stereocenters. The Labute approximate surface area is 298 Å². The number of carbonyl (C=O) groups excluding carboxylic acids is 4. The van der Waals surface area contributed by atoms with Crippen LogP contribution < -0.4 is 16.0 Å². The average molecular weight is 706 g/mol. The van der Waals surface area contributed by atoms with Gasteiger partial charge in [-0.25, -0.2) is 4.79 Å². The first-order valence-corrected chi connectivity index (χ1v) is 18.1. The number of fused-ring (bicyclic) bond motifs is 1. The minimum atomic E-state index is -0.539. The maximum Gasteiger partial charge on any atom is 0.341 e. The van der Waals surface area contributed by atoms with Crippen LogP contribution in [0, 0.1) is 0 Å². The van der Waals surface area contributed by atoms with Crippen LogP contribution in [0.25, 0.3) is 17.4 Å². The molecule has 6 rings (SSSR count). The quantitative estimate of drug-likeness (QED) is 0.0679. The van der Waals surface area contributed by atoms with Crippen molar-refractivity contribution in [3.8, 4) is 11.3 Å². The molecule has 0 fully saturated rings. The Morgan fingerprint density at radius 1 is 0.860 bits per heavy atom. The van der Waals surface area contributed by atoms with Gasteiger partial charge in [0.2, 0.25) is 5.91 Å². The highest BCUT2D eigenvalue weighted by Gasteiger charge is 2.27. The van der Waals surface area contributed by atoms with E-state index in [1.165, 1.54) is 29.2 Å². The van der Waals surface area contributed by atoms with Crippen LogP contribution in [0.1, 0.15) is 56.7 Å². The maximum atomic E-state index is 13.5. The fourth-order valence-electron chi connectivity index (χ4n) is 5.49. The van der Waals surface area contributed by atoms with Crippen LogP contribution in [0.2, 0.25) is 0 Å². The minimum Gasteiger partial charge on any atom is -0.462 e. The number of furan rings is 1. The molecule has 3 aromatic carbocycles. The summed E-state index contributed by atoms with van der Waals surface area (Å²) in [5, 5.41) is 9.05. The van der Waals surface area contributed by atoms with E-state index in [9.17, 15) is 19.2 Å². The second-order valence-corrected chi connectivity index (χ2v) is 13.6. The molecule has 11 heteroatoms. The van der Waals surface area contributed by atoms with Crippen LogP contribution in [0.5, 0.6) is 0 Å². The van der Waals surface area contributed by atoms with E-state index in [2.05, 4.69) is 16.0 Å². The molecule has 0 spiro atoms. The lowest BCUT2D eigenvalue weighted by Gasteiger charge is -2.12. The van der Waals surface area contributed by atoms with E-state index < -0.39 is 17.8 Å². The lowest BCUT2D eigenvalue weighted by atomic mass is 9.95. The summed E-state index contributed by atoms with van der Waals surface area (Å²) >= 11 is 2.79. The Morgan fingerprint density at radius 2 is 1.58 bits per heavy atom. The van der Waals surface area contributed by atoms with E-state index in [-0.39, 0.29) is 24.0 Å². The Morgan fingerprint density at radius 3 is 2.32 bits per heavy atom. The molecular weight excluding hydrogens is 671 g/mol. The number of hydrogen-bond acceptors (Lipinski definition) is 8. The zero-order valence-corrected chi connectivity index (χ0v) is 29.0. The van der Waals surface area contributed by atoms with Gasteiger partial charge >= 0.3 is 5.97 Å². The molecule has 0 atom stereocenters. The van der Waals surface area contributed by atoms with Gasteiger partial charge in [-0.15, -0.1) is 23.1 Å². The third-order valence-electron chi connectivity index (χ3n) is 7.89. The molecule has 3 amide bonds. The topological polar surface area (TPSA) is 127 Å². The minimum absolute atomic E-state index is 0.000353. The summed E-state index contributed by atoms with van der Waals surface area (Å²) in [5.74, 6) is -0.457. The van der Waals surface area contributed by atoms with Crippen molar-refractivity contribution >= 4 is 63.6 Å². The van der Waals surface area contributed by atoms with Crippen molar-refractivity contribution in [2.75, 3.05) is 23.0 Å². The van der Waals surface area contributed by atoms with Crippen molar-refractivity contribution in [2.24, 2.45) is 0 Å². The Kier molecular flexibility index (Phi) is 11.3. The van der Waals surface area contributed by atoms with Crippen molar-refractivity contribution in [2.45, 2.75) is 37.5 Å². The number of carbonyl (C=O) groups is 4. The van der Waals surface area contributed by atoms with Crippen LogP contribution in [-0.4, -0.2) is 36.1 Å². The van der Waals surface area contributed by atoms with Gasteiger partial charge < -0.3 is 25.1 Å². The number of thioether (sulfide) groups is 1. The summed E-state index contributed by atoms with van der Waals surface area (Å²) in [6, 6.07) is 28.8. The Hall–Kier alpha value is -5.39. The second-order valence-electron chi connectivity index (χ2n) is 11.4. The van der Waals surface area contributed by atoms with Crippen molar-refractivity contribution in [3.05, 3.63) is 130 Å². The second kappa shape index (κ2) is 16.3. The van der Waals surface area contributed by atoms with Crippen molar-refractivity contribution < 1.29 is 28.3 Å². The standard InChI is InChI=1S/C39H35N3O6S2/c1-2-47-39(46)35-30-15-9-10-16-33(30)50-38(35)42-34(43)24-49-29-20-17-27(18-21-29)40-37(45)31(41-36(44)26-13-7-4-8-14-26)23-28-19-22-32(48-28)25-11-5-3-6-12-25/h3-8,11-14,17-23H,2,9-10,15-16,24H2,1H3,(H,40,45)(H,41,44)(H,42,43). The number of anilines is 2. The molecule has 0 radical (unpaired) electrons. The van der Waals surface area contributed by atoms with E-state index in [0.29, 0.717) is 33.3 Å². The van der Waals surface area contributed by atoms with Gasteiger partial charge in [-0.2, -0.15) is 0 Å². The molecule has 0 saturated heterocycles. The number of amides is 3. The third-order valence-corrected chi connectivity index (χ3v) is 10.1. The molecule has 0 saturated carbocycles. The van der Waals surface area contributed by atoms with Crippen LogP contribution in [-0.2, 0) is 27.2 Å². The molecule has 1 aliphatic rings. The highest BCUT2D eigenvalue weighted by molar-refractivity contribution is 8.00. The molecule has 254 valence electrons. The smallest absolute Gasteiger partial charge is 0.341 e. The number of rotatable bonds is 12. The van der Waals surface area contributed by atoms with Gasteiger partial charge in [-0.3, -0.25) is 14.4 Å². The Bertz CT molecular complexity index is 2020. The average Bonchev–Trinajstić information content (AvgIpc) is 3.76. The zero-order chi connectivity index (χ0) is 34.9. The zero-order valence-electron chi connectivity index (χ0n) is 27.3. The number of aryl methyl sites for hydroxylation is 1. The SMILES string of the molecule is CCOC(=O)c1c(NC(=O)CSc2ccc(NC(=O)C(=Cc3ccc(-c4ccccc4)o3)NC(=O)c3ccccc3)cc2)sc2c1CCCC2. The van der Waals surface area contributed by atoms with Gasteiger partial charge in [0.25, 0.3) is 11.8 Å². The summed E-state index contributed by atoms with van der Waals surface area (Å²) in [5.41, 5.74) is 3.27. The number of ether oxygens (including phenoxy) is 1. The molecule has 1 aliphatic carbocycles. The van der Waals surface area contributed by atoms with Crippen molar-refractivity contribution in [1.82, 2.24) is 5.32 Å². The lowest BCUT2D eigenvalue weighted by Crippen LogP contribution is -2.30. The summed E-state index contributed by atoms with van der Waals surface area (Å²) < 4.78 is 11.3. The highest BCUT2D eigenvalue weighted by atomic mass is 32.2. The first-order valence-electron chi connectivity index (χ1n) is 16.3. The fraction of sp³-hybridized carbons (Fsp3) is 0.179. The van der Waals surface area contributed by atoms with E-state index in [1.807, 2.05) is 30.3 Å². The van der Waals surface area contributed by atoms with Crippen LogP contribution >= 0.6 is 23.1 Å². The van der Waals surface area contributed by atoms with E-state index >= 15 is 0 Å². The molecular formula is C39H35N3O6S2. The molecule has 5 aromatic rings. The van der Waals surface area contributed by atoms with Gasteiger partial charge in [0.05, 0.1) is 17.9 Å². The van der Waals surface area contributed by atoms with Gasteiger partial charge in [-0.05, 0) is 86.7 Å². The first kappa shape index (κ1) is 34.5. The fourth-order valence-corrected chi connectivity index (χ4v) is 7.48. The van der Waals surface area contributed by atoms with Gasteiger partial charge in [-0.1, -0.05) is 48.5 Å². The third kappa shape index (κ3) is 8.60. The molecule has 50 heavy (non-hydrogen) atoms. The van der Waals surface area contributed by atoms with Crippen molar-refractivity contribution in [3.63, 3.8) is 0 Å². The van der Waals surface area contributed by atoms with Crippen LogP contribution in [0.4, 0.5) is 10.7 Å². The number of thiophene rings is 1. The molecule has 2 heterocycles. The van der Waals surface area contributed by atoms with Gasteiger partial charge in [0.15, 0.2) is 0 Å². The summed E-state index contributed by atoms with van der Waals surface area (Å²) in [7, 11) is 0. The van der Waals surface area contributed by atoms with Crippen molar-refractivity contribution in [1.29, 1.82) is 0 Å². The molecule has 2 aromatic heterocycles. The monoisotopic (exact) mass is 705 g/mol. The summed E-state index contributed by atoms with van der Waals surface area (Å²) in [4.78, 5) is 54.2. The molecule has 3 N–H and O–H groups in total. The van der Waals surface area contributed by atoms with Crippen LogP contribution in [0.3, 0.4) is 0 Å². The number of nitrogens with one attached hydrogen (secondary N) is 3. The van der Waals surface area contributed by atoms with E-state index in [0.717, 1.165) is 46.6 Å². The number of hydrogen-bond donors (Lipinski definition) is 3. The highest BCUT2D eigenvalue weighted by Crippen LogP contribution is 2.39. The van der Waals surface area contributed by atoms with E-state index in [1.54, 1.807) is 73.7 Å². The lowest BCUT2D eigenvalue weighted by molar-refractivity contribution is -0.114. The molecule has 9 nitrogen and oxygen atoms in total. The normalized spacial score (nSPS) is 12.5. The first-order chi connectivity index (χ1) is 24.4. The summed E-state index contributed by atoms with van der Waals surface area (Å²) in [6.45, 7) is 2.03. The van der Waals surface area contributed by atoms with Gasteiger partial charge in [0, 0.05) is 32.7 Å². The molecule has 0 aliphatic heterocycles. The number of esters is 1. The largest absolute Gasteiger partial charge is 0.462 e. The predicted molar refractivity (Wildman–Crippen MR) is 197 cm³/mol. The maximum absolute atomic E-state index is 13.5. The van der Waals surface area contributed by atoms with Crippen LogP contribution in [0.15, 0.2) is 112 Å².